The van der Waals surface area contributed by atoms with Crippen molar-refractivity contribution in [2.45, 2.75) is 19.4 Å². The van der Waals surface area contributed by atoms with E-state index in [-0.39, 0.29) is 0 Å². The van der Waals surface area contributed by atoms with E-state index in [0.717, 1.165) is 43.6 Å². The van der Waals surface area contributed by atoms with E-state index in [1.165, 1.54) is 11.1 Å². The number of hydrogen-bond acceptors (Lipinski definition) is 3. The summed E-state index contributed by atoms with van der Waals surface area (Å²) in [6.45, 7) is 2.66. The fourth-order valence-electron chi connectivity index (χ4n) is 2.96. The summed E-state index contributed by atoms with van der Waals surface area (Å²) in [5.74, 6) is 0.638. The Labute approximate surface area is 122 Å². The number of fused-ring (bicyclic) bond motifs is 1. The van der Waals surface area contributed by atoms with Crippen molar-refractivity contribution in [3.63, 3.8) is 0 Å². The van der Waals surface area contributed by atoms with Crippen molar-refractivity contribution in [1.29, 1.82) is 0 Å². The zero-order valence-electron chi connectivity index (χ0n) is 11.8. The van der Waals surface area contributed by atoms with E-state index in [1.54, 1.807) is 0 Å². The molecule has 1 aliphatic heterocycles. The van der Waals surface area contributed by atoms with Crippen LogP contribution in [0.3, 0.4) is 0 Å². The second-order valence-corrected chi connectivity index (χ2v) is 5.63. The maximum Gasteiger partial charge on any atom is 0.113 e. The van der Waals surface area contributed by atoms with Crippen molar-refractivity contribution in [3.8, 4) is 11.1 Å². The molecule has 3 heterocycles. The Morgan fingerprint density at radius 1 is 1.19 bits per heavy atom. The molecule has 2 aromatic heterocycles. The molecular formula is C16H18N4O. The standard InChI is InChI=1S/C16H18N4O/c1-2-15-16(9-13(1)14-3-6-17-10-14)20(19-18-15)11-12-4-7-21-8-5-12/h1-3,6,9-10,12,17H,4-5,7-8,11H2. The van der Waals surface area contributed by atoms with Gasteiger partial charge in [-0.3, -0.25) is 0 Å². The second-order valence-electron chi connectivity index (χ2n) is 5.63. The SMILES string of the molecule is c1cc(-c2ccc3nnn(CC4CCOCC4)c3c2)c[nH]1. The molecule has 0 saturated carbocycles. The molecule has 21 heavy (non-hydrogen) atoms. The summed E-state index contributed by atoms with van der Waals surface area (Å²) < 4.78 is 7.47. The Bertz CT molecular complexity index is 726. The molecule has 3 aromatic rings. The van der Waals surface area contributed by atoms with Crippen LogP contribution in [0.2, 0.25) is 0 Å². The number of rotatable bonds is 3. The molecule has 1 N–H and O–H groups in total. The fourth-order valence-corrected chi connectivity index (χ4v) is 2.96. The normalized spacial score (nSPS) is 16.6. The van der Waals surface area contributed by atoms with Crippen molar-refractivity contribution in [3.05, 3.63) is 36.7 Å². The summed E-state index contributed by atoms with van der Waals surface area (Å²) in [6, 6.07) is 8.40. The van der Waals surface area contributed by atoms with E-state index in [1.807, 2.05) is 23.1 Å². The molecule has 0 aliphatic carbocycles. The molecular weight excluding hydrogens is 264 g/mol. The maximum absolute atomic E-state index is 5.43. The summed E-state index contributed by atoms with van der Waals surface area (Å²) >= 11 is 0. The van der Waals surface area contributed by atoms with Gasteiger partial charge in [0.05, 0.1) is 5.52 Å². The highest BCUT2D eigenvalue weighted by molar-refractivity contribution is 5.81. The number of H-pyrrole nitrogens is 1. The first kappa shape index (κ1) is 12.6. The van der Waals surface area contributed by atoms with Crippen LogP contribution in [-0.2, 0) is 11.3 Å². The third-order valence-electron chi connectivity index (χ3n) is 4.22. The molecule has 1 aliphatic rings. The predicted octanol–water partition coefficient (Wildman–Crippen LogP) is 2.85. The molecule has 0 unspecified atom stereocenters. The highest BCUT2D eigenvalue weighted by atomic mass is 16.5. The highest BCUT2D eigenvalue weighted by Crippen LogP contribution is 2.24. The Morgan fingerprint density at radius 3 is 2.90 bits per heavy atom. The lowest BCUT2D eigenvalue weighted by molar-refractivity contribution is 0.0604. The van der Waals surface area contributed by atoms with Gasteiger partial charge < -0.3 is 9.72 Å². The molecule has 0 radical (unpaired) electrons. The first-order valence-corrected chi connectivity index (χ1v) is 7.44. The van der Waals surface area contributed by atoms with Crippen LogP contribution in [0.4, 0.5) is 0 Å². The minimum absolute atomic E-state index is 0.638. The molecule has 0 amide bonds. The summed E-state index contributed by atoms with van der Waals surface area (Å²) in [4.78, 5) is 3.10. The van der Waals surface area contributed by atoms with Crippen molar-refractivity contribution >= 4 is 11.0 Å². The van der Waals surface area contributed by atoms with Gasteiger partial charge in [0, 0.05) is 32.2 Å². The molecule has 4 rings (SSSR count). The number of aromatic nitrogens is 4. The second kappa shape index (κ2) is 5.33. The van der Waals surface area contributed by atoms with E-state index in [9.17, 15) is 0 Å². The molecule has 5 nitrogen and oxygen atoms in total. The van der Waals surface area contributed by atoms with Gasteiger partial charge in [0.2, 0.25) is 0 Å². The van der Waals surface area contributed by atoms with Gasteiger partial charge in [0.15, 0.2) is 0 Å². The van der Waals surface area contributed by atoms with E-state index in [4.69, 9.17) is 4.74 Å². The third kappa shape index (κ3) is 2.45. The van der Waals surface area contributed by atoms with Crippen molar-refractivity contribution in [2.75, 3.05) is 13.2 Å². The summed E-state index contributed by atoms with van der Waals surface area (Å²) in [7, 11) is 0. The molecule has 0 spiro atoms. The van der Waals surface area contributed by atoms with E-state index < -0.39 is 0 Å². The molecule has 1 fully saturated rings. The van der Waals surface area contributed by atoms with E-state index in [2.05, 4.69) is 33.5 Å². The number of hydrogen-bond donors (Lipinski definition) is 1. The third-order valence-corrected chi connectivity index (χ3v) is 4.22. The maximum atomic E-state index is 5.43. The zero-order chi connectivity index (χ0) is 14.1. The average Bonchev–Trinajstić information content (AvgIpc) is 3.18. The van der Waals surface area contributed by atoms with Gasteiger partial charge in [-0.1, -0.05) is 11.3 Å². The van der Waals surface area contributed by atoms with Crippen molar-refractivity contribution in [2.24, 2.45) is 5.92 Å². The highest BCUT2D eigenvalue weighted by Gasteiger charge is 2.16. The molecule has 1 saturated heterocycles. The summed E-state index contributed by atoms with van der Waals surface area (Å²) in [5, 5.41) is 8.61. The van der Waals surface area contributed by atoms with Crippen LogP contribution in [0.1, 0.15) is 12.8 Å². The number of nitrogens with one attached hydrogen (secondary N) is 1. The van der Waals surface area contributed by atoms with Gasteiger partial charge in [-0.2, -0.15) is 0 Å². The monoisotopic (exact) mass is 282 g/mol. The number of aromatic amines is 1. The van der Waals surface area contributed by atoms with Gasteiger partial charge in [-0.05, 0) is 48.1 Å². The number of ether oxygens (including phenoxy) is 1. The van der Waals surface area contributed by atoms with Crippen LogP contribution in [0.15, 0.2) is 36.7 Å². The average molecular weight is 282 g/mol. The van der Waals surface area contributed by atoms with Gasteiger partial charge in [-0.25, -0.2) is 4.68 Å². The fraction of sp³-hybridized carbons (Fsp3) is 0.375. The first-order chi connectivity index (χ1) is 10.4. The van der Waals surface area contributed by atoms with Gasteiger partial charge >= 0.3 is 0 Å². The first-order valence-electron chi connectivity index (χ1n) is 7.44. The zero-order valence-corrected chi connectivity index (χ0v) is 11.8. The van der Waals surface area contributed by atoms with Crippen molar-refractivity contribution < 1.29 is 4.74 Å². The minimum atomic E-state index is 0.638. The molecule has 5 heteroatoms. The lowest BCUT2D eigenvalue weighted by Gasteiger charge is -2.21. The Hall–Kier alpha value is -2.14. The van der Waals surface area contributed by atoms with Gasteiger partial charge in [0.25, 0.3) is 0 Å². The van der Waals surface area contributed by atoms with Crippen LogP contribution in [-0.4, -0.2) is 33.2 Å². The summed E-state index contributed by atoms with van der Waals surface area (Å²) in [5.41, 5.74) is 4.46. The smallest absolute Gasteiger partial charge is 0.113 e. The van der Waals surface area contributed by atoms with Crippen molar-refractivity contribution in [1.82, 2.24) is 20.0 Å². The van der Waals surface area contributed by atoms with Gasteiger partial charge in [0.1, 0.15) is 5.52 Å². The largest absolute Gasteiger partial charge is 0.381 e. The van der Waals surface area contributed by atoms with Crippen LogP contribution >= 0.6 is 0 Å². The number of benzene rings is 1. The lowest BCUT2D eigenvalue weighted by atomic mass is 10.0. The van der Waals surface area contributed by atoms with Crippen LogP contribution in [0.25, 0.3) is 22.2 Å². The van der Waals surface area contributed by atoms with E-state index in [0.29, 0.717) is 5.92 Å². The Morgan fingerprint density at radius 2 is 2.10 bits per heavy atom. The predicted molar refractivity (Wildman–Crippen MR) is 80.9 cm³/mol. The Kier molecular flexibility index (Phi) is 3.20. The topological polar surface area (TPSA) is 55.7 Å². The Balaban J connectivity index is 1.67. The number of nitrogens with zero attached hydrogens (tertiary/aromatic N) is 3. The quantitative estimate of drug-likeness (QED) is 0.803. The van der Waals surface area contributed by atoms with Crippen LogP contribution in [0.5, 0.6) is 0 Å². The summed E-state index contributed by atoms with van der Waals surface area (Å²) in [6.07, 6.45) is 6.17. The van der Waals surface area contributed by atoms with Gasteiger partial charge in [-0.15, -0.1) is 5.10 Å². The lowest BCUT2D eigenvalue weighted by Crippen LogP contribution is -2.20. The minimum Gasteiger partial charge on any atom is -0.381 e. The van der Waals surface area contributed by atoms with Crippen LogP contribution < -0.4 is 0 Å². The molecule has 0 atom stereocenters. The molecule has 108 valence electrons. The van der Waals surface area contributed by atoms with E-state index >= 15 is 0 Å². The molecule has 0 bridgehead atoms. The molecule has 1 aromatic carbocycles. The van der Waals surface area contributed by atoms with Crippen LogP contribution in [0, 0.1) is 5.92 Å².